The van der Waals surface area contributed by atoms with Gasteiger partial charge in [0.05, 0.1) is 6.26 Å². The predicted molar refractivity (Wildman–Crippen MR) is 82.1 cm³/mol. The number of furan rings is 1. The SMILES string of the molecule is Cc1nc(-c2cccc(NC(C)Cc3ccco3)c2)n[nH]1. The number of hydrogen-bond donors (Lipinski definition) is 2. The van der Waals surface area contributed by atoms with E-state index in [2.05, 4.69) is 33.5 Å². The van der Waals surface area contributed by atoms with Gasteiger partial charge in [0.15, 0.2) is 5.82 Å². The molecule has 0 saturated carbocycles. The third-order valence-corrected chi connectivity index (χ3v) is 3.22. The number of rotatable bonds is 5. The van der Waals surface area contributed by atoms with E-state index in [1.807, 2.05) is 37.3 Å². The molecule has 2 N–H and O–H groups in total. The molecule has 0 aliphatic carbocycles. The fourth-order valence-electron chi connectivity index (χ4n) is 2.29. The van der Waals surface area contributed by atoms with Gasteiger partial charge in [0.2, 0.25) is 0 Å². The lowest BCUT2D eigenvalue weighted by Crippen LogP contribution is -2.17. The number of nitrogens with one attached hydrogen (secondary N) is 2. The maximum absolute atomic E-state index is 5.37. The summed E-state index contributed by atoms with van der Waals surface area (Å²) in [6.45, 7) is 4.02. The summed E-state index contributed by atoms with van der Waals surface area (Å²) in [7, 11) is 0. The van der Waals surface area contributed by atoms with Crippen molar-refractivity contribution in [2.24, 2.45) is 0 Å². The molecule has 0 fully saturated rings. The normalized spacial score (nSPS) is 12.3. The van der Waals surface area contributed by atoms with Crippen LogP contribution in [0.2, 0.25) is 0 Å². The lowest BCUT2D eigenvalue weighted by Gasteiger charge is -2.14. The van der Waals surface area contributed by atoms with Crippen LogP contribution in [0.15, 0.2) is 47.1 Å². The Morgan fingerprint density at radius 1 is 1.29 bits per heavy atom. The lowest BCUT2D eigenvalue weighted by molar-refractivity contribution is 0.498. The minimum atomic E-state index is 0.278. The highest BCUT2D eigenvalue weighted by Crippen LogP contribution is 2.20. The molecule has 2 aromatic heterocycles. The van der Waals surface area contributed by atoms with Crippen molar-refractivity contribution in [3.63, 3.8) is 0 Å². The van der Waals surface area contributed by atoms with Crippen LogP contribution < -0.4 is 5.32 Å². The van der Waals surface area contributed by atoms with Crippen molar-refractivity contribution in [1.82, 2.24) is 15.2 Å². The van der Waals surface area contributed by atoms with E-state index in [1.165, 1.54) is 0 Å². The van der Waals surface area contributed by atoms with Crippen LogP contribution in [0.5, 0.6) is 0 Å². The molecule has 0 aliphatic heterocycles. The molecule has 21 heavy (non-hydrogen) atoms. The fourth-order valence-corrected chi connectivity index (χ4v) is 2.29. The maximum Gasteiger partial charge on any atom is 0.181 e. The summed E-state index contributed by atoms with van der Waals surface area (Å²) >= 11 is 0. The maximum atomic E-state index is 5.37. The molecular weight excluding hydrogens is 264 g/mol. The summed E-state index contributed by atoms with van der Waals surface area (Å²) in [4.78, 5) is 4.35. The van der Waals surface area contributed by atoms with Gasteiger partial charge in [-0.3, -0.25) is 5.10 Å². The van der Waals surface area contributed by atoms with Crippen molar-refractivity contribution >= 4 is 5.69 Å². The minimum absolute atomic E-state index is 0.278. The Kier molecular flexibility index (Phi) is 3.73. The molecule has 3 aromatic rings. The van der Waals surface area contributed by atoms with Crippen LogP contribution >= 0.6 is 0 Å². The molecule has 1 atom stereocenters. The first-order valence-electron chi connectivity index (χ1n) is 6.99. The second-order valence-corrected chi connectivity index (χ2v) is 5.15. The van der Waals surface area contributed by atoms with Crippen molar-refractivity contribution in [2.75, 3.05) is 5.32 Å². The van der Waals surface area contributed by atoms with Crippen molar-refractivity contribution < 1.29 is 4.42 Å². The molecule has 2 heterocycles. The molecule has 1 aromatic carbocycles. The van der Waals surface area contributed by atoms with Crippen molar-refractivity contribution in [1.29, 1.82) is 0 Å². The zero-order valence-corrected chi connectivity index (χ0v) is 12.1. The van der Waals surface area contributed by atoms with E-state index in [0.717, 1.165) is 35.1 Å². The van der Waals surface area contributed by atoms with Crippen LogP contribution in [-0.4, -0.2) is 21.2 Å². The Balaban J connectivity index is 1.71. The zero-order valence-electron chi connectivity index (χ0n) is 12.1. The topological polar surface area (TPSA) is 66.7 Å². The zero-order chi connectivity index (χ0) is 14.7. The van der Waals surface area contributed by atoms with Crippen molar-refractivity contribution in [2.45, 2.75) is 26.3 Å². The van der Waals surface area contributed by atoms with E-state index in [0.29, 0.717) is 0 Å². The molecule has 0 spiro atoms. The van der Waals surface area contributed by atoms with Gasteiger partial charge in [-0.05, 0) is 38.1 Å². The molecule has 0 saturated heterocycles. The number of hydrogen-bond acceptors (Lipinski definition) is 4. The van der Waals surface area contributed by atoms with Gasteiger partial charge in [-0.2, -0.15) is 5.10 Å². The van der Waals surface area contributed by atoms with Crippen LogP contribution in [0.25, 0.3) is 11.4 Å². The van der Waals surface area contributed by atoms with E-state index in [4.69, 9.17) is 4.42 Å². The predicted octanol–water partition coefficient (Wildman–Crippen LogP) is 3.42. The number of H-pyrrole nitrogens is 1. The van der Waals surface area contributed by atoms with E-state index in [1.54, 1.807) is 6.26 Å². The summed E-state index contributed by atoms with van der Waals surface area (Å²) in [5.41, 5.74) is 2.04. The highest BCUT2D eigenvalue weighted by atomic mass is 16.3. The van der Waals surface area contributed by atoms with Crippen LogP contribution in [0.4, 0.5) is 5.69 Å². The summed E-state index contributed by atoms with van der Waals surface area (Å²) in [5, 5.41) is 10.5. The Morgan fingerprint density at radius 3 is 2.90 bits per heavy atom. The third kappa shape index (κ3) is 3.31. The van der Waals surface area contributed by atoms with Gasteiger partial charge in [-0.15, -0.1) is 0 Å². The molecule has 5 heteroatoms. The van der Waals surface area contributed by atoms with Gasteiger partial charge in [-0.1, -0.05) is 12.1 Å². The highest BCUT2D eigenvalue weighted by molar-refractivity contribution is 5.62. The Bertz CT molecular complexity index is 703. The van der Waals surface area contributed by atoms with Gasteiger partial charge in [0, 0.05) is 23.7 Å². The monoisotopic (exact) mass is 282 g/mol. The Hall–Kier alpha value is -2.56. The number of aromatic nitrogens is 3. The quantitative estimate of drug-likeness (QED) is 0.752. The second kappa shape index (κ2) is 5.83. The van der Waals surface area contributed by atoms with Gasteiger partial charge in [0.1, 0.15) is 11.6 Å². The number of nitrogens with zero attached hydrogens (tertiary/aromatic N) is 2. The molecule has 0 radical (unpaired) electrons. The first-order chi connectivity index (χ1) is 10.2. The average Bonchev–Trinajstić information content (AvgIpc) is 3.10. The molecule has 0 amide bonds. The highest BCUT2D eigenvalue weighted by Gasteiger charge is 2.08. The summed E-state index contributed by atoms with van der Waals surface area (Å²) in [5.74, 6) is 2.51. The van der Waals surface area contributed by atoms with Gasteiger partial charge in [-0.25, -0.2) is 4.98 Å². The second-order valence-electron chi connectivity index (χ2n) is 5.15. The number of anilines is 1. The number of aromatic amines is 1. The fraction of sp³-hybridized carbons (Fsp3) is 0.250. The first-order valence-corrected chi connectivity index (χ1v) is 6.99. The molecule has 0 aliphatic rings. The molecule has 3 rings (SSSR count). The molecular formula is C16H18N4O. The van der Waals surface area contributed by atoms with E-state index in [9.17, 15) is 0 Å². The van der Waals surface area contributed by atoms with Gasteiger partial charge >= 0.3 is 0 Å². The van der Waals surface area contributed by atoms with E-state index >= 15 is 0 Å². The van der Waals surface area contributed by atoms with E-state index < -0.39 is 0 Å². The van der Waals surface area contributed by atoms with Crippen LogP contribution in [0.3, 0.4) is 0 Å². The minimum Gasteiger partial charge on any atom is -0.469 e. The average molecular weight is 282 g/mol. The van der Waals surface area contributed by atoms with Crippen molar-refractivity contribution in [3.05, 3.63) is 54.2 Å². The summed E-state index contributed by atoms with van der Waals surface area (Å²) < 4.78 is 5.37. The van der Waals surface area contributed by atoms with Crippen molar-refractivity contribution in [3.8, 4) is 11.4 Å². The standard InChI is InChI=1S/C16H18N4O/c1-11(9-15-7-4-8-21-15)17-14-6-3-5-13(10-14)16-18-12(2)19-20-16/h3-8,10-11,17H,9H2,1-2H3,(H,18,19,20). The largest absolute Gasteiger partial charge is 0.469 e. The summed E-state index contributed by atoms with van der Waals surface area (Å²) in [6, 6.07) is 12.3. The smallest absolute Gasteiger partial charge is 0.181 e. The Labute approximate surface area is 123 Å². The van der Waals surface area contributed by atoms with Crippen LogP contribution in [-0.2, 0) is 6.42 Å². The number of aryl methyl sites for hydroxylation is 1. The summed E-state index contributed by atoms with van der Waals surface area (Å²) in [6.07, 6.45) is 2.55. The van der Waals surface area contributed by atoms with E-state index in [-0.39, 0.29) is 6.04 Å². The Morgan fingerprint density at radius 2 is 2.19 bits per heavy atom. The molecule has 1 unspecified atom stereocenters. The first kappa shape index (κ1) is 13.4. The van der Waals surface area contributed by atoms with Gasteiger partial charge < -0.3 is 9.73 Å². The number of benzene rings is 1. The third-order valence-electron chi connectivity index (χ3n) is 3.22. The molecule has 108 valence electrons. The van der Waals surface area contributed by atoms with Gasteiger partial charge in [0.25, 0.3) is 0 Å². The lowest BCUT2D eigenvalue weighted by atomic mass is 10.1. The molecule has 0 bridgehead atoms. The van der Waals surface area contributed by atoms with Crippen LogP contribution in [0, 0.1) is 6.92 Å². The molecule has 5 nitrogen and oxygen atoms in total. The van der Waals surface area contributed by atoms with Crippen LogP contribution in [0.1, 0.15) is 18.5 Å².